The van der Waals surface area contributed by atoms with Crippen LogP contribution in [0.4, 0.5) is 13.2 Å². The van der Waals surface area contributed by atoms with Crippen molar-refractivity contribution in [2.24, 2.45) is 0 Å². The van der Waals surface area contributed by atoms with Gasteiger partial charge in [0.2, 0.25) is 0 Å². The second kappa shape index (κ2) is 6.88. The van der Waals surface area contributed by atoms with E-state index in [-0.39, 0.29) is 0 Å². The van der Waals surface area contributed by atoms with Gasteiger partial charge in [-0.3, -0.25) is 0 Å². The molecule has 0 saturated heterocycles. The van der Waals surface area contributed by atoms with Gasteiger partial charge in [0.1, 0.15) is 0 Å². The van der Waals surface area contributed by atoms with Gasteiger partial charge in [-0.2, -0.15) is 13.2 Å². The van der Waals surface area contributed by atoms with E-state index < -0.39 is 11.7 Å². The van der Waals surface area contributed by atoms with E-state index in [0.29, 0.717) is 16.2 Å². The number of halogens is 4. The first-order valence-corrected chi connectivity index (χ1v) is 8.31. The second-order valence-corrected chi connectivity index (χ2v) is 6.47. The SMILES string of the molecule is CCCSc1c(-c2ccccc2Br)cccc1C(F)(F)F. The molecule has 0 bridgehead atoms. The lowest BCUT2D eigenvalue weighted by atomic mass is 10.0. The van der Waals surface area contributed by atoms with Crippen molar-refractivity contribution in [2.75, 3.05) is 5.75 Å². The van der Waals surface area contributed by atoms with Crippen molar-refractivity contribution in [3.8, 4) is 11.1 Å². The zero-order valence-electron chi connectivity index (χ0n) is 11.4. The molecule has 0 aliphatic rings. The fourth-order valence-electron chi connectivity index (χ4n) is 2.01. The summed E-state index contributed by atoms with van der Waals surface area (Å²) in [6.45, 7) is 1.96. The minimum absolute atomic E-state index is 0.304. The molecule has 112 valence electrons. The molecule has 0 radical (unpaired) electrons. The summed E-state index contributed by atoms with van der Waals surface area (Å²) in [6.07, 6.45) is -3.51. The minimum atomic E-state index is -4.34. The van der Waals surface area contributed by atoms with Crippen LogP contribution in [-0.2, 0) is 6.18 Å². The monoisotopic (exact) mass is 374 g/mol. The molecule has 0 saturated carbocycles. The average Bonchev–Trinajstić information content (AvgIpc) is 2.44. The second-order valence-electron chi connectivity index (χ2n) is 4.51. The topological polar surface area (TPSA) is 0 Å². The summed E-state index contributed by atoms with van der Waals surface area (Å²) in [5, 5.41) is 0. The lowest BCUT2D eigenvalue weighted by molar-refractivity contribution is -0.139. The molecule has 21 heavy (non-hydrogen) atoms. The number of hydrogen-bond acceptors (Lipinski definition) is 1. The molecule has 2 aromatic rings. The van der Waals surface area contributed by atoms with E-state index in [1.165, 1.54) is 17.8 Å². The van der Waals surface area contributed by atoms with Gasteiger partial charge in [-0.15, -0.1) is 11.8 Å². The smallest absolute Gasteiger partial charge is 0.166 e. The molecule has 0 atom stereocenters. The van der Waals surface area contributed by atoms with Gasteiger partial charge in [0.15, 0.2) is 0 Å². The first kappa shape index (κ1) is 16.4. The van der Waals surface area contributed by atoms with E-state index in [4.69, 9.17) is 0 Å². The number of thioether (sulfide) groups is 1. The van der Waals surface area contributed by atoms with Crippen molar-refractivity contribution in [1.29, 1.82) is 0 Å². The van der Waals surface area contributed by atoms with E-state index in [2.05, 4.69) is 15.9 Å². The highest BCUT2D eigenvalue weighted by Crippen LogP contribution is 2.43. The molecule has 0 unspecified atom stereocenters. The zero-order valence-corrected chi connectivity index (χ0v) is 13.8. The van der Waals surface area contributed by atoms with Crippen molar-refractivity contribution in [3.63, 3.8) is 0 Å². The molecular weight excluding hydrogens is 361 g/mol. The molecule has 0 fully saturated rings. The Morgan fingerprint density at radius 3 is 2.29 bits per heavy atom. The zero-order chi connectivity index (χ0) is 15.5. The third-order valence-corrected chi connectivity index (χ3v) is 4.97. The number of alkyl halides is 3. The predicted molar refractivity (Wildman–Crippen MR) is 85.6 cm³/mol. The third kappa shape index (κ3) is 3.83. The highest BCUT2D eigenvalue weighted by molar-refractivity contribution is 9.10. The van der Waals surface area contributed by atoms with Crippen LogP contribution in [0.3, 0.4) is 0 Å². The maximum atomic E-state index is 13.2. The van der Waals surface area contributed by atoms with Crippen LogP contribution < -0.4 is 0 Å². The molecule has 0 spiro atoms. The molecule has 0 N–H and O–H groups in total. The van der Waals surface area contributed by atoms with Crippen LogP contribution in [0.25, 0.3) is 11.1 Å². The Morgan fingerprint density at radius 2 is 1.67 bits per heavy atom. The van der Waals surface area contributed by atoms with Gasteiger partial charge in [0.05, 0.1) is 5.56 Å². The lowest BCUT2D eigenvalue weighted by Crippen LogP contribution is -2.07. The quantitative estimate of drug-likeness (QED) is 0.540. The molecular formula is C16H14BrF3S. The van der Waals surface area contributed by atoms with E-state index in [9.17, 15) is 13.2 Å². The lowest BCUT2D eigenvalue weighted by Gasteiger charge is -2.17. The average molecular weight is 375 g/mol. The Morgan fingerprint density at radius 1 is 1.00 bits per heavy atom. The Hall–Kier alpha value is -0.940. The normalized spacial score (nSPS) is 11.7. The maximum Gasteiger partial charge on any atom is 0.417 e. The Labute approximate surface area is 134 Å². The van der Waals surface area contributed by atoms with Crippen LogP contribution in [-0.4, -0.2) is 5.75 Å². The first-order chi connectivity index (χ1) is 9.95. The minimum Gasteiger partial charge on any atom is -0.166 e. The Balaban J connectivity index is 2.63. The van der Waals surface area contributed by atoms with E-state index in [0.717, 1.165) is 22.5 Å². The summed E-state index contributed by atoms with van der Waals surface area (Å²) < 4.78 is 40.5. The molecule has 2 aromatic carbocycles. The Kier molecular flexibility index (Phi) is 5.38. The molecule has 0 nitrogen and oxygen atoms in total. The summed E-state index contributed by atoms with van der Waals surface area (Å²) >= 11 is 4.68. The molecule has 2 rings (SSSR count). The van der Waals surface area contributed by atoms with Gasteiger partial charge >= 0.3 is 6.18 Å². The van der Waals surface area contributed by atoms with Gasteiger partial charge in [0.25, 0.3) is 0 Å². The number of rotatable bonds is 4. The maximum absolute atomic E-state index is 13.2. The first-order valence-electron chi connectivity index (χ1n) is 6.53. The van der Waals surface area contributed by atoms with E-state index in [1.54, 1.807) is 6.07 Å². The summed E-state index contributed by atoms with van der Waals surface area (Å²) in [5.41, 5.74) is 0.840. The standard InChI is InChI=1S/C16H14BrF3S/c1-2-10-21-15-12(11-6-3-4-9-14(11)17)7-5-8-13(15)16(18,19)20/h3-9H,2,10H2,1H3. The van der Waals surface area contributed by atoms with Crippen LogP contribution in [0.5, 0.6) is 0 Å². The van der Waals surface area contributed by atoms with Gasteiger partial charge in [-0.25, -0.2) is 0 Å². The van der Waals surface area contributed by atoms with E-state index in [1.807, 2.05) is 31.2 Å². The highest BCUT2D eigenvalue weighted by Gasteiger charge is 2.34. The summed E-state index contributed by atoms with van der Waals surface area (Å²) in [7, 11) is 0. The largest absolute Gasteiger partial charge is 0.417 e. The predicted octanol–water partition coefficient (Wildman–Crippen LogP) is 6.64. The van der Waals surface area contributed by atoms with Crippen LogP contribution in [0.15, 0.2) is 51.8 Å². The van der Waals surface area contributed by atoms with Crippen molar-refractivity contribution >= 4 is 27.7 Å². The molecule has 5 heteroatoms. The number of benzene rings is 2. The van der Waals surface area contributed by atoms with Crippen LogP contribution >= 0.6 is 27.7 Å². The van der Waals surface area contributed by atoms with Crippen molar-refractivity contribution < 1.29 is 13.2 Å². The number of hydrogen-bond donors (Lipinski definition) is 0. The van der Waals surface area contributed by atoms with Gasteiger partial charge in [0, 0.05) is 9.37 Å². The Bertz CT molecular complexity index is 623. The van der Waals surface area contributed by atoms with Gasteiger partial charge in [-0.05, 0) is 35.4 Å². The third-order valence-electron chi connectivity index (χ3n) is 2.93. The van der Waals surface area contributed by atoms with Crippen molar-refractivity contribution in [3.05, 3.63) is 52.5 Å². The molecule has 0 heterocycles. The fourth-order valence-corrected chi connectivity index (χ4v) is 3.59. The summed E-state index contributed by atoms with van der Waals surface area (Å²) in [6, 6.07) is 11.7. The molecule has 0 aromatic heterocycles. The summed E-state index contributed by atoms with van der Waals surface area (Å²) in [4.78, 5) is 0.304. The summed E-state index contributed by atoms with van der Waals surface area (Å²) in [5.74, 6) is 0.657. The van der Waals surface area contributed by atoms with Crippen molar-refractivity contribution in [1.82, 2.24) is 0 Å². The molecule has 0 amide bonds. The van der Waals surface area contributed by atoms with Crippen LogP contribution in [0, 0.1) is 0 Å². The van der Waals surface area contributed by atoms with Crippen LogP contribution in [0.1, 0.15) is 18.9 Å². The van der Waals surface area contributed by atoms with Crippen molar-refractivity contribution in [2.45, 2.75) is 24.4 Å². The van der Waals surface area contributed by atoms with Crippen LogP contribution in [0.2, 0.25) is 0 Å². The van der Waals surface area contributed by atoms with Gasteiger partial charge in [-0.1, -0.05) is 53.2 Å². The van der Waals surface area contributed by atoms with Gasteiger partial charge < -0.3 is 0 Å². The highest BCUT2D eigenvalue weighted by atomic mass is 79.9. The fraction of sp³-hybridized carbons (Fsp3) is 0.250. The molecule has 0 aliphatic carbocycles. The van der Waals surface area contributed by atoms with E-state index >= 15 is 0 Å². The molecule has 0 aliphatic heterocycles.